The first kappa shape index (κ1) is 22.3. The summed E-state index contributed by atoms with van der Waals surface area (Å²) < 4.78 is 12.5. The van der Waals surface area contributed by atoms with Gasteiger partial charge in [0, 0.05) is 35.1 Å². The zero-order valence-electron chi connectivity index (χ0n) is 20.8. The lowest BCUT2D eigenvalue weighted by Crippen LogP contribution is -2.56. The normalized spacial score (nSPS) is 24.5. The van der Waals surface area contributed by atoms with Gasteiger partial charge in [-0.3, -0.25) is 9.88 Å². The Morgan fingerprint density at radius 1 is 1.06 bits per heavy atom. The molecule has 2 aromatic heterocycles. The predicted octanol–water partition coefficient (Wildman–Crippen LogP) is 6.34. The smallest absolute Gasteiger partial charge is 0.214 e. The molecule has 2 aromatic carbocycles. The fourth-order valence-corrected chi connectivity index (χ4v) is 6.34. The Kier molecular flexibility index (Phi) is 5.81. The van der Waals surface area contributed by atoms with E-state index < -0.39 is 0 Å². The Labute approximate surface area is 207 Å². The molecule has 5 nitrogen and oxygen atoms in total. The van der Waals surface area contributed by atoms with Crippen LogP contribution in [0.1, 0.15) is 43.4 Å². The number of rotatable bonds is 6. The summed E-state index contributed by atoms with van der Waals surface area (Å²) in [6.45, 7) is 6.76. The largest absolute Gasteiger partial charge is 0.497 e. The molecule has 2 bridgehead atoms. The molecule has 3 fully saturated rings. The van der Waals surface area contributed by atoms with Gasteiger partial charge in [-0.05, 0) is 74.0 Å². The summed E-state index contributed by atoms with van der Waals surface area (Å²) >= 11 is 0. The number of aryl methyl sites for hydroxylation is 1. The van der Waals surface area contributed by atoms with E-state index in [1.165, 1.54) is 23.8 Å². The number of piperidine rings is 3. The quantitative estimate of drug-likeness (QED) is 0.331. The third kappa shape index (κ3) is 4.02. The fourth-order valence-electron chi connectivity index (χ4n) is 6.34. The molecule has 0 amide bonds. The zero-order chi connectivity index (χ0) is 23.9. The molecule has 0 saturated carbocycles. The molecule has 0 N–H and O–H groups in total. The second-order valence-electron chi connectivity index (χ2n) is 10.1. The van der Waals surface area contributed by atoms with Gasteiger partial charge in [0.05, 0.1) is 24.2 Å². The van der Waals surface area contributed by atoms with E-state index in [0.717, 1.165) is 59.1 Å². The highest BCUT2D eigenvalue weighted by molar-refractivity contribution is 5.84. The lowest BCUT2D eigenvalue weighted by Gasteiger charge is -2.51. The van der Waals surface area contributed by atoms with Crippen LogP contribution in [0.2, 0.25) is 0 Å². The molecule has 180 valence electrons. The van der Waals surface area contributed by atoms with Gasteiger partial charge in [-0.1, -0.05) is 31.5 Å². The maximum Gasteiger partial charge on any atom is 0.214 e. The number of pyridine rings is 2. The minimum absolute atomic E-state index is 0.138. The Hall–Kier alpha value is -3.18. The molecule has 0 radical (unpaired) electrons. The summed E-state index contributed by atoms with van der Waals surface area (Å²) in [6.07, 6.45) is 5.47. The molecule has 0 spiro atoms. The van der Waals surface area contributed by atoms with Gasteiger partial charge in [-0.2, -0.15) is 0 Å². The van der Waals surface area contributed by atoms with Crippen LogP contribution in [-0.4, -0.2) is 41.1 Å². The molecule has 5 heteroatoms. The van der Waals surface area contributed by atoms with Crippen LogP contribution < -0.4 is 9.47 Å². The minimum atomic E-state index is -0.138. The summed E-state index contributed by atoms with van der Waals surface area (Å²) in [5.74, 6) is 3.07. The van der Waals surface area contributed by atoms with Crippen LogP contribution in [-0.2, 0) is 0 Å². The molecule has 5 heterocycles. The second kappa shape index (κ2) is 9.12. The molecule has 7 rings (SSSR count). The van der Waals surface area contributed by atoms with E-state index in [9.17, 15) is 0 Å². The monoisotopic (exact) mass is 467 g/mol. The van der Waals surface area contributed by atoms with Crippen molar-refractivity contribution < 1.29 is 9.47 Å². The highest BCUT2D eigenvalue weighted by Crippen LogP contribution is 2.44. The SMILES string of the molecule is CC[C@H]1CN2CC[C@H]1C[C@@H]2[C@H](Oc1cc(C)c2ccccc2n1)c1ccnc2ccc(OC)cc12. The first-order chi connectivity index (χ1) is 17.1. The van der Waals surface area contributed by atoms with Gasteiger partial charge in [-0.25, -0.2) is 4.98 Å². The Balaban J connectivity index is 1.46. The fraction of sp³-hybridized carbons (Fsp3) is 0.400. The Bertz CT molecular complexity index is 1370. The van der Waals surface area contributed by atoms with Gasteiger partial charge in [0.1, 0.15) is 11.9 Å². The summed E-state index contributed by atoms with van der Waals surface area (Å²) in [4.78, 5) is 12.2. The van der Waals surface area contributed by atoms with Gasteiger partial charge in [0.15, 0.2) is 0 Å². The van der Waals surface area contributed by atoms with Crippen LogP contribution in [0.5, 0.6) is 11.6 Å². The van der Waals surface area contributed by atoms with Crippen molar-refractivity contribution in [2.75, 3.05) is 20.2 Å². The first-order valence-corrected chi connectivity index (χ1v) is 12.8. The Morgan fingerprint density at radius 3 is 2.74 bits per heavy atom. The van der Waals surface area contributed by atoms with Crippen LogP contribution in [0.4, 0.5) is 0 Å². The lowest BCUT2D eigenvalue weighted by atomic mass is 9.72. The van der Waals surface area contributed by atoms with Gasteiger partial charge in [-0.15, -0.1) is 0 Å². The van der Waals surface area contributed by atoms with Crippen molar-refractivity contribution in [3.63, 3.8) is 0 Å². The molecular formula is C30H33N3O2. The van der Waals surface area contributed by atoms with Crippen LogP contribution in [0, 0.1) is 18.8 Å². The topological polar surface area (TPSA) is 47.5 Å². The molecule has 4 aromatic rings. The number of para-hydroxylation sites is 1. The number of benzene rings is 2. The van der Waals surface area contributed by atoms with Crippen LogP contribution in [0.3, 0.4) is 0 Å². The van der Waals surface area contributed by atoms with Gasteiger partial charge in [0.2, 0.25) is 5.88 Å². The van der Waals surface area contributed by atoms with Crippen LogP contribution >= 0.6 is 0 Å². The number of methoxy groups -OCH3 is 1. The van der Waals surface area contributed by atoms with Gasteiger partial charge in [0.25, 0.3) is 0 Å². The minimum Gasteiger partial charge on any atom is -0.497 e. The first-order valence-electron chi connectivity index (χ1n) is 12.8. The lowest BCUT2D eigenvalue weighted by molar-refractivity contribution is -0.0492. The van der Waals surface area contributed by atoms with Crippen LogP contribution in [0.15, 0.2) is 60.8 Å². The number of ether oxygens (including phenoxy) is 2. The van der Waals surface area contributed by atoms with Crippen molar-refractivity contribution in [3.05, 3.63) is 71.9 Å². The van der Waals surface area contributed by atoms with Crippen molar-refractivity contribution >= 4 is 21.8 Å². The summed E-state index contributed by atoms with van der Waals surface area (Å²) in [5, 5.41) is 2.26. The molecule has 1 unspecified atom stereocenters. The molecule has 0 aliphatic carbocycles. The van der Waals surface area contributed by atoms with E-state index in [1.807, 2.05) is 24.4 Å². The maximum atomic E-state index is 6.91. The van der Waals surface area contributed by atoms with Crippen molar-refractivity contribution in [1.82, 2.24) is 14.9 Å². The van der Waals surface area contributed by atoms with E-state index in [4.69, 9.17) is 14.5 Å². The van der Waals surface area contributed by atoms with E-state index in [-0.39, 0.29) is 6.10 Å². The molecule has 35 heavy (non-hydrogen) atoms. The number of aromatic nitrogens is 2. The molecule has 3 aliphatic heterocycles. The van der Waals surface area contributed by atoms with E-state index in [2.05, 4.69) is 60.1 Å². The maximum absolute atomic E-state index is 6.91. The Morgan fingerprint density at radius 2 is 1.94 bits per heavy atom. The molecule has 3 aliphatic rings. The predicted molar refractivity (Wildman–Crippen MR) is 140 cm³/mol. The average molecular weight is 468 g/mol. The summed E-state index contributed by atoms with van der Waals surface area (Å²) in [6, 6.07) is 18.9. The average Bonchev–Trinajstić information content (AvgIpc) is 2.91. The second-order valence-corrected chi connectivity index (χ2v) is 10.1. The van der Waals surface area contributed by atoms with Crippen molar-refractivity contribution in [2.45, 2.75) is 45.3 Å². The number of nitrogens with zero attached hydrogens (tertiary/aromatic N) is 3. The van der Waals surface area contributed by atoms with Crippen molar-refractivity contribution in [1.29, 1.82) is 0 Å². The van der Waals surface area contributed by atoms with Crippen molar-refractivity contribution in [3.8, 4) is 11.6 Å². The van der Waals surface area contributed by atoms with Gasteiger partial charge < -0.3 is 9.47 Å². The highest BCUT2D eigenvalue weighted by Gasteiger charge is 2.44. The van der Waals surface area contributed by atoms with E-state index in [1.54, 1.807) is 7.11 Å². The summed E-state index contributed by atoms with van der Waals surface area (Å²) in [7, 11) is 1.71. The molecule has 5 atom stereocenters. The summed E-state index contributed by atoms with van der Waals surface area (Å²) in [5.41, 5.74) is 4.27. The standard InChI is InChI=1S/C30H33N3O2/c1-4-20-18-33-14-12-21(20)16-28(33)30(24-11-13-31-26-10-9-22(34-3)17-25(24)26)35-29-15-19(2)23-7-5-6-8-27(23)32-29/h5-11,13,15,17,20-21,28,30H,4,12,14,16,18H2,1-3H3/t20-,21-,28+,30+/m0/s1. The number of hydrogen-bond donors (Lipinski definition) is 0. The number of fused-ring (bicyclic) bond motifs is 5. The molecule has 3 saturated heterocycles. The van der Waals surface area contributed by atoms with E-state index >= 15 is 0 Å². The number of hydrogen-bond acceptors (Lipinski definition) is 5. The van der Waals surface area contributed by atoms with Crippen molar-refractivity contribution in [2.24, 2.45) is 11.8 Å². The highest BCUT2D eigenvalue weighted by atomic mass is 16.5. The molecular weight excluding hydrogens is 434 g/mol. The zero-order valence-corrected chi connectivity index (χ0v) is 20.8. The van der Waals surface area contributed by atoms with E-state index in [0.29, 0.717) is 11.9 Å². The third-order valence-electron chi connectivity index (χ3n) is 8.25. The van der Waals surface area contributed by atoms with Gasteiger partial charge >= 0.3 is 0 Å². The third-order valence-corrected chi connectivity index (χ3v) is 8.25. The van der Waals surface area contributed by atoms with Crippen LogP contribution in [0.25, 0.3) is 21.8 Å².